The highest BCUT2D eigenvalue weighted by atomic mass is 19.1. The van der Waals surface area contributed by atoms with Gasteiger partial charge in [-0.3, -0.25) is 19.3 Å². The lowest BCUT2D eigenvalue weighted by Crippen LogP contribution is -2.31. The molecular weight excluding hydrogens is 367 g/mol. The molecule has 0 radical (unpaired) electrons. The van der Waals surface area contributed by atoms with Gasteiger partial charge in [-0.15, -0.1) is 0 Å². The van der Waals surface area contributed by atoms with Crippen molar-refractivity contribution < 1.29 is 28.3 Å². The molecule has 1 saturated heterocycles. The van der Waals surface area contributed by atoms with Gasteiger partial charge in [0.25, 0.3) is 5.91 Å². The number of ether oxygens (including phenoxy) is 1. The summed E-state index contributed by atoms with van der Waals surface area (Å²) in [4.78, 5) is 49.2. The summed E-state index contributed by atoms with van der Waals surface area (Å²) in [6.07, 6.45) is -0.938. The minimum absolute atomic E-state index is 0.0246. The number of nitrogens with one attached hydrogen (secondary N) is 1. The molecule has 1 aliphatic heterocycles. The van der Waals surface area contributed by atoms with E-state index in [0.29, 0.717) is 0 Å². The van der Waals surface area contributed by atoms with Gasteiger partial charge in [0.1, 0.15) is 5.82 Å². The lowest BCUT2D eigenvalue weighted by atomic mass is 10.2. The zero-order valence-corrected chi connectivity index (χ0v) is 15.0. The highest BCUT2D eigenvalue weighted by molar-refractivity contribution is 6.20. The van der Waals surface area contributed by atoms with Crippen molar-refractivity contribution in [3.63, 3.8) is 0 Å². The number of carbonyl (C=O) groups is 4. The molecule has 1 fully saturated rings. The van der Waals surface area contributed by atoms with Crippen LogP contribution in [0.15, 0.2) is 48.5 Å². The molecule has 1 atom stereocenters. The van der Waals surface area contributed by atoms with Gasteiger partial charge in [0, 0.05) is 12.8 Å². The van der Waals surface area contributed by atoms with Gasteiger partial charge in [-0.05, 0) is 37.3 Å². The average molecular weight is 384 g/mol. The largest absolute Gasteiger partial charge is 0.449 e. The molecule has 0 saturated carbocycles. The van der Waals surface area contributed by atoms with Crippen LogP contribution < -0.4 is 10.2 Å². The molecule has 1 N–H and O–H groups in total. The molecule has 2 aromatic rings. The van der Waals surface area contributed by atoms with Crippen LogP contribution in [0.2, 0.25) is 0 Å². The number of hydrogen-bond acceptors (Lipinski definition) is 5. The summed E-state index contributed by atoms with van der Waals surface area (Å²) in [7, 11) is 0. The van der Waals surface area contributed by atoms with Crippen LogP contribution in [0.1, 0.15) is 30.1 Å². The number of benzene rings is 2. The van der Waals surface area contributed by atoms with Crippen LogP contribution in [0.25, 0.3) is 0 Å². The first-order valence-corrected chi connectivity index (χ1v) is 8.59. The first-order valence-electron chi connectivity index (χ1n) is 8.59. The minimum atomic E-state index is -1.19. The number of rotatable bonds is 5. The number of esters is 1. The molecule has 2 aromatic carbocycles. The molecule has 0 aliphatic carbocycles. The number of para-hydroxylation sites is 1. The van der Waals surface area contributed by atoms with Crippen molar-refractivity contribution >= 4 is 35.1 Å². The molecule has 3 rings (SSSR count). The second-order valence-corrected chi connectivity index (χ2v) is 6.19. The zero-order chi connectivity index (χ0) is 20.3. The third-order valence-corrected chi connectivity index (χ3v) is 4.18. The molecule has 0 unspecified atom stereocenters. The summed E-state index contributed by atoms with van der Waals surface area (Å²) < 4.78 is 18.7. The summed E-state index contributed by atoms with van der Waals surface area (Å²) in [5.74, 6) is -2.79. The van der Waals surface area contributed by atoms with Gasteiger partial charge >= 0.3 is 5.97 Å². The Bertz CT molecular complexity index is 943. The Morgan fingerprint density at radius 2 is 1.75 bits per heavy atom. The van der Waals surface area contributed by atoms with E-state index < -0.39 is 23.8 Å². The van der Waals surface area contributed by atoms with E-state index in [-0.39, 0.29) is 41.6 Å². The number of amides is 3. The SMILES string of the molecule is C[C@@H](OC(=O)c1cccc(N2C(=O)CCC2=O)c1)C(=O)Nc1ccccc1F. The van der Waals surface area contributed by atoms with Gasteiger partial charge in [-0.25, -0.2) is 9.18 Å². The lowest BCUT2D eigenvalue weighted by Gasteiger charge is -2.16. The van der Waals surface area contributed by atoms with Gasteiger partial charge in [-0.1, -0.05) is 18.2 Å². The van der Waals surface area contributed by atoms with Crippen LogP contribution in [0.5, 0.6) is 0 Å². The van der Waals surface area contributed by atoms with Crippen molar-refractivity contribution in [1.29, 1.82) is 0 Å². The van der Waals surface area contributed by atoms with Crippen molar-refractivity contribution in [2.75, 3.05) is 10.2 Å². The van der Waals surface area contributed by atoms with Gasteiger partial charge in [-0.2, -0.15) is 0 Å². The predicted molar refractivity (Wildman–Crippen MR) is 98.1 cm³/mol. The minimum Gasteiger partial charge on any atom is -0.449 e. The van der Waals surface area contributed by atoms with E-state index >= 15 is 0 Å². The van der Waals surface area contributed by atoms with Crippen molar-refractivity contribution in [2.45, 2.75) is 25.9 Å². The van der Waals surface area contributed by atoms with E-state index in [1.54, 1.807) is 6.07 Å². The molecule has 0 spiro atoms. The predicted octanol–water partition coefficient (Wildman–Crippen LogP) is 2.66. The van der Waals surface area contributed by atoms with Crippen LogP contribution in [0, 0.1) is 5.82 Å². The van der Waals surface area contributed by atoms with Crippen molar-refractivity contribution in [3.8, 4) is 0 Å². The maximum Gasteiger partial charge on any atom is 0.338 e. The Labute approximate surface area is 160 Å². The van der Waals surface area contributed by atoms with Crippen LogP contribution in [-0.2, 0) is 19.1 Å². The van der Waals surface area contributed by atoms with Crippen LogP contribution in [0.3, 0.4) is 0 Å². The highest BCUT2D eigenvalue weighted by Gasteiger charge is 2.30. The van der Waals surface area contributed by atoms with E-state index in [1.165, 1.54) is 49.4 Å². The molecule has 0 bridgehead atoms. The van der Waals surface area contributed by atoms with Crippen molar-refractivity contribution in [2.24, 2.45) is 0 Å². The van der Waals surface area contributed by atoms with E-state index in [4.69, 9.17) is 4.74 Å². The normalized spacial score (nSPS) is 14.7. The summed E-state index contributed by atoms with van der Waals surface area (Å²) in [6, 6.07) is 11.5. The second kappa shape index (κ2) is 7.99. The average Bonchev–Trinajstić information content (AvgIpc) is 3.01. The molecule has 8 heteroatoms. The number of nitrogens with zero attached hydrogens (tertiary/aromatic N) is 1. The molecule has 7 nitrogen and oxygen atoms in total. The van der Waals surface area contributed by atoms with Gasteiger partial charge < -0.3 is 10.1 Å². The molecule has 0 aromatic heterocycles. The molecule has 1 heterocycles. The fraction of sp³-hybridized carbons (Fsp3) is 0.200. The monoisotopic (exact) mass is 384 g/mol. The smallest absolute Gasteiger partial charge is 0.338 e. The first kappa shape index (κ1) is 19.2. The Morgan fingerprint density at radius 1 is 1.07 bits per heavy atom. The van der Waals surface area contributed by atoms with Gasteiger partial charge in [0.15, 0.2) is 6.10 Å². The molecule has 144 valence electrons. The van der Waals surface area contributed by atoms with Crippen molar-refractivity contribution in [1.82, 2.24) is 0 Å². The highest BCUT2D eigenvalue weighted by Crippen LogP contribution is 2.24. The van der Waals surface area contributed by atoms with Gasteiger partial charge in [0.05, 0.1) is 16.9 Å². The number of halogens is 1. The lowest BCUT2D eigenvalue weighted by molar-refractivity contribution is -0.124. The van der Waals surface area contributed by atoms with Crippen LogP contribution in [-0.4, -0.2) is 29.8 Å². The molecule has 1 aliphatic rings. The molecular formula is C20H17FN2O5. The topological polar surface area (TPSA) is 92.8 Å². The Hall–Kier alpha value is -3.55. The maximum absolute atomic E-state index is 13.6. The molecule has 3 amide bonds. The Morgan fingerprint density at radius 3 is 2.43 bits per heavy atom. The van der Waals surface area contributed by atoms with E-state index in [1.807, 2.05) is 0 Å². The number of imide groups is 1. The summed E-state index contributed by atoms with van der Waals surface area (Å²) in [6.45, 7) is 1.35. The van der Waals surface area contributed by atoms with E-state index in [9.17, 15) is 23.6 Å². The summed E-state index contributed by atoms with van der Waals surface area (Å²) >= 11 is 0. The quantitative estimate of drug-likeness (QED) is 0.632. The Kier molecular flexibility index (Phi) is 5.49. The number of hydrogen-bond donors (Lipinski definition) is 1. The fourth-order valence-corrected chi connectivity index (χ4v) is 2.72. The third kappa shape index (κ3) is 4.06. The number of anilines is 2. The van der Waals surface area contributed by atoms with E-state index in [2.05, 4.69) is 5.32 Å². The summed E-state index contributed by atoms with van der Waals surface area (Å²) in [5.41, 5.74) is 0.324. The maximum atomic E-state index is 13.6. The third-order valence-electron chi connectivity index (χ3n) is 4.18. The van der Waals surface area contributed by atoms with Gasteiger partial charge in [0.2, 0.25) is 11.8 Å². The Balaban J connectivity index is 1.68. The molecule has 28 heavy (non-hydrogen) atoms. The standard InChI is InChI=1S/C20H17FN2O5/c1-12(19(26)22-16-8-3-2-7-15(16)21)28-20(27)13-5-4-6-14(11-13)23-17(24)9-10-18(23)25/h2-8,11-12H,9-10H2,1H3,(H,22,26)/t12-/m1/s1. The first-order chi connectivity index (χ1) is 13.4. The summed E-state index contributed by atoms with van der Waals surface area (Å²) in [5, 5.41) is 2.35. The van der Waals surface area contributed by atoms with Crippen LogP contribution >= 0.6 is 0 Å². The zero-order valence-electron chi connectivity index (χ0n) is 15.0. The second-order valence-electron chi connectivity index (χ2n) is 6.19. The van der Waals surface area contributed by atoms with Crippen molar-refractivity contribution in [3.05, 3.63) is 59.9 Å². The number of carbonyl (C=O) groups excluding carboxylic acids is 4. The van der Waals surface area contributed by atoms with E-state index in [0.717, 1.165) is 4.90 Å². The fourth-order valence-electron chi connectivity index (χ4n) is 2.72. The van der Waals surface area contributed by atoms with Crippen LogP contribution in [0.4, 0.5) is 15.8 Å².